The molecule has 24 heavy (non-hydrogen) atoms. The molecule has 0 radical (unpaired) electrons. The summed E-state index contributed by atoms with van der Waals surface area (Å²) in [5.74, 6) is 0.860. The first kappa shape index (κ1) is 17.0. The lowest BCUT2D eigenvalue weighted by Crippen LogP contribution is -2.49. The zero-order valence-electron chi connectivity index (χ0n) is 13.8. The summed E-state index contributed by atoms with van der Waals surface area (Å²) in [7, 11) is 1.69. The van der Waals surface area contributed by atoms with E-state index in [1.807, 2.05) is 36.4 Å². The van der Waals surface area contributed by atoms with Gasteiger partial charge in [-0.2, -0.15) is 0 Å². The number of ether oxygens (including phenoxy) is 2. The highest BCUT2D eigenvalue weighted by atomic mass is 35.5. The zero-order chi connectivity index (χ0) is 16.8. The molecule has 4 heteroatoms. The SMILES string of the molecule is COc1ccccc1C=CC1(Cc2ccc(Cl)cc2)CNCCO1. The normalized spacial score (nSPS) is 21.1. The molecule has 0 amide bonds. The highest BCUT2D eigenvalue weighted by Gasteiger charge is 2.30. The fourth-order valence-electron chi connectivity index (χ4n) is 2.95. The Morgan fingerprint density at radius 1 is 1.21 bits per heavy atom. The van der Waals surface area contributed by atoms with E-state index in [4.69, 9.17) is 21.1 Å². The first-order valence-corrected chi connectivity index (χ1v) is 8.50. The van der Waals surface area contributed by atoms with Gasteiger partial charge >= 0.3 is 0 Å². The molecule has 2 aromatic carbocycles. The first-order chi connectivity index (χ1) is 11.7. The van der Waals surface area contributed by atoms with Crippen molar-refractivity contribution in [1.29, 1.82) is 0 Å². The van der Waals surface area contributed by atoms with Crippen LogP contribution in [0.3, 0.4) is 0 Å². The Kier molecular flexibility index (Phi) is 5.56. The molecule has 1 heterocycles. The average Bonchev–Trinajstić information content (AvgIpc) is 2.63. The van der Waals surface area contributed by atoms with E-state index in [9.17, 15) is 0 Å². The van der Waals surface area contributed by atoms with E-state index >= 15 is 0 Å². The first-order valence-electron chi connectivity index (χ1n) is 8.12. The Bertz CT molecular complexity index is 691. The van der Waals surface area contributed by atoms with Crippen molar-refractivity contribution in [3.8, 4) is 5.75 Å². The molecule has 1 aliphatic rings. The quantitative estimate of drug-likeness (QED) is 0.891. The van der Waals surface area contributed by atoms with E-state index in [0.29, 0.717) is 6.61 Å². The lowest BCUT2D eigenvalue weighted by atomic mass is 9.91. The molecular formula is C20H22ClNO2. The molecule has 0 saturated carbocycles. The second kappa shape index (κ2) is 7.84. The molecule has 1 unspecified atom stereocenters. The van der Waals surface area contributed by atoms with Crippen LogP contribution in [0.4, 0.5) is 0 Å². The fraction of sp³-hybridized carbons (Fsp3) is 0.300. The molecular weight excluding hydrogens is 322 g/mol. The van der Waals surface area contributed by atoms with Gasteiger partial charge in [-0.25, -0.2) is 0 Å². The summed E-state index contributed by atoms with van der Waals surface area (Å²) in [5, 5.41) is 4.19. The smallest absolute Gasteiger partial charge is 0.126 e. The van der Waals surface area contributed by atoms with E-state index in [0.717, 1.165) is 35.8 Å². The summed E-state index contributed by atoms with van der Waals surface area (Å²) in [6, 6.07) is 15.9. The molecule has 2 aromatic rings. The number of hydrogen-bond donors (Lipinski definition) is 1. The minimum atomic E-state index is -0.368. The largest absolute Gasteiger partial charge is 0.496 e. The number of rotatable bonds is 5. The maximum Gasteiger partial charge on any atom is 0.126 e. The van der Waals surface area contributed by atoms with E-state index in [-0.39, 0.29) is 5.60 Å². The van der Waals surface area contributed by atoms with Crippen molar-refractivity contribution in [3.63, 3.8) is 0 Å². The third-order valence-electron chi connectivity index (χ3n) is 4.21. The molecule has 3 nitrogen and oxygen atoms in total. The Hall–Kier alpha value is -1.81. The van der Waals surface area contributed by atoms with Gasteiger partial charge in [0.1, 0.15) is 11.4 Å². The van der Waals surface area contributed by atoms with E-state index < -0.39 is 0 Å². The van der Waals surface area contributed by atoms with Crippen molar-refractivity contribution in [2.24, 2.45) is 0 Å². The van der Waals surface area contributed by atoms with Gasteiger partial charge < -0.3 is 14.8 Å². The molecule has 1 atom stereocenters. The van der Waals surface area contributed by atoms with Crippen molar-refractivity contribution in [2.75, 3.05) is 26.8 Å². The van der Waals surface area contributed by atoms with Gasteiger partial charge in [0.2, 0.25) is 0 Å². The zero-order valence-corrected chi connectivity index (χ0v) is 14.6. The van der Waals surface area contributed by atoms with E-state index in [1.54, 1.807) is 7.11 Å². The molecule has 0 spiro atoms. The molecule has 126 valence electrons. The Morgan fingerprint density at radius 2 is 2.00 bits per heavy atom. The van der Waals surface area contributed by atoms with Gasteiger partial charge in [-0.05, 0) is 23.8 Å². The van der Waals surface area contributed by atoms with Crippen molar-refractivity contribution in [1.82, 2.24) is 5.32 Å². The Labute approximate surface area is 148 Å². The second-order valence-electron chi connectivity index (χ2n) is 5.97. The maximum atomic E-state index is 6.17. The van der Waals surface area contributed by atoms with Crippen LogP contribution in [-0.2, 0) is 11.2 Å². The highest BCUT2D eigenvalue weighted by molar-refractivity contribution is 6.30. The predicted octanol–water partition coefficient (Wildman–Crippen LogP) is 3.96. The predicted molar refractivity (Wildman–Crippen MR) is 98.7 cm³/mol. The highest BCUT2D eigenvalue weighted by Crippen LogP contribution is 2.26. The molecule has 0 aromatic heterocycles. The summed E-state index contributed by atoms with van der Waals surface area (Å²) in [4.78, 5) is 0. The Balaban J connectivity index is 1.85. The summed E-state index contributed by atoms with van der Waals surface area (Å²) >= 11 is 5.99. The van der Waals surface area contributed by atoms with Gasteiger partial charge in [0.15, 0.2) is 0 Å². The van der Waals surface area contributed by atoms with Crippen LogP contribution in [0, 0.1) is 0 Å². The number of benzene rings is 2. The fourth-order valence-corrected chi connectivity index (χ4v) is 3.08. The van der Waals surface area contributed by atoms with Crippen LogP contribution < -0.4 is 10.1 Å². The van der Waals surface area contributed by atoms with Crippen LogP contribution in [0.1, 0.15) is 11.1 Å². The van der Waals surface area contributed by atoms with Gasteiger partial charge in [0.25, 0.3) is 0 Å². The van der Waals surface area contributed by atoms with Crippen LogP contribution in [0.5, 0.6) is 5.75 Å². The van der Waals surface area contributed by atoms with Gasteiger partial charge in [0, 0.05) is 30.1 Å². The lowest BCUT2D eigenvalue weighted by Gasteiger charge is -2.35. The number of morpholine rings is 1. The molecule has 1 aliphatic heterocycles. The topological polar surface area (TPSA) is 30.5 Å². The van der Waals surface area contributed by atoms with Crippen LogP contribution in [0.15, 0.2) is 54.6 Å². The second-order valence-corrected chi connectivity index (χ2v) is 6.40. The van der Waals surface area contributed by atoms with Crippen LogP contribution >= 0.6 is 11.6 Å². The van der Waals surface area contributed by atoms with E-state index in [2.05, 4.69) is 29.6 Å². The van der Waals surface area contributed by atoms with Gasteiger partial charge in [-0.1, -0.05) is 54.1 Å². The molecule has 0 bridgehead atoms. The third kappa shape index (κ3) is 4.18. The molecule has 1 saturated heterocycles. The van der Waals surface area contributed by atoms with Crippen molar-refractivity contribution >= 4 is 17.7 Å². The summed E-state index contributed by atoms with van der Waals surface area (Å²) in [6.45, 7) is 2.36. The number of hydrogen-bond acceptors (Lipinski definition) is 3. The Morgan fingerprint density at radius 3 is 2.71 bits per heavy atom. The lowest BCUT2D eigenvalue weighted by molar-refractivity contribution is -0.0293. The van der Waals surface area contributed by atoms with Crippen molar-refractivity contribution < 1.29 is 9.47 Å². The minimum absolute atomic E-state index is 0.368. The number of halogens is 1. The van der Waals surface area contributed by atoms with Crippen LogP contribution in [-0.4, -0.2) is 32.4 Å². The molecule has 3 rings (SSSR count). The minimum Gasteiger partial charge on any atom is -0.496 e. The number of nitrogens with one attached hydrogen (secondary N) is 1. The van der Waals surface area contributed by atoms with E-state index in [1.165, 1.54) is 5.56 Å². The molecule has 1 N–H and O–H groups in total. The van der Waals surface area contributed by atoms with Crippen molar-refractivity contribution in [3.05, 3.63) is 70.8 Å². The third-order valence-corrected chi connectivity index (χ3v) is 4.47. The number of para-hydroxylation sites is 1. The van der Waals surface area contributed by atoms with Gasteiger partial charge in [-0.15, -0.1) is 0 Å². The van der Waals surface area contributed by atoms with Crippen LogP contribution in [0.2, 0.25) is 5.02 Å². The molecule has 1 fully saturated rings. The molecule has 0 aliphatic carbocycles. The van der Waals surface area contributed by atoms with Crippen LogP contribution in [0.25, 0.3) is 6.08 Å². The van der Waals surface area contributed by atoms with Crippen molar-refractivity contribution in [2.45, 2.75) is 12.0 Å². The summed E-state index contributed by atoms with van der Waals surface area (Å²) < 4.78 is 11.6. The van der Waals surface area contributed by atoms with Gasteiger partial charge in [0.05, 0.1) is 13.7 Å². The average molecular weight is 344 g/mol. The summed E-state index contributed by atoms with van der Waals surface area (Å²) in [5.41, 5.74) is 1.88. The summed E-state index contributed by atoms with van der Waals surface area (Å²) in [6.07, 6.45) is 5.02. The maximum absolute atomic E-state index is 6.17. The van der Waals surface area contributed by atoms with Gasteiger partial charge in [-0.3, -0.25) is 0 Å². The standard InChI is InChI=1S/C20H22ClNO2/c1-23-19-5-3-2-4-17(19)10-11-20(15-22-12-13-24-20)14-16-6-8-18(21)9-7-16/h2-11,22H,12-15H2,1H3. The number of methoxy groups -OCH3 is 1. The monoisotopic (exact) mass is 343 g/mol.